The topological polar surface area (TPSA) is 54.9 Å². The maximum absolute atomic E-state index is 13.5. The van der Waals surface area contributed by atoms with Crippen LogP contribution in [-0.2, 0) is 17.6 Å². The van der Waals surface area contributed by atoms with Gasteiger partial charge in [0.1, 0.15) is 5.82 Å². The third-order valence-corrected chi connectivity index (χ3v) is 8.76. The third-order valence-electron chi connectivity index (χ3n) is 8.23. The van der Waals surface area contributed by atoms with Crippen LogP contribution in [-0.4, -0.2) is 15.9 Å². The largest absolute Gasteiger partial charge is 0.309 e. The number of halogens is 2. The second kappa shape index (κ2) is 9.12. The summed E-state index contributed by atoms with van der Waals surface area (Å²) in [4.78, 5) is 22.6. The number of anilines is 1. The van der Waals surface area contributed by atoms with Crippen LogP contribution in [0.1, 0.15) is 49.8 Å². The normalized spacial score (nSPS) is 26.6. The highest BCUT2D eigenvalue weighted by molar-refractivity contribution is 9.10. The number of amides is 1. The molecule has 0 aliphatic heterocycles. The lowest BCUT2D eigenvalue weighted by Crippen LogP contribution is -2.47. The smallest absolute Gasteiger partial charge is 0.229 e. The minimum atomic E-state index is -0.271. The van der Waals surface area contributed by atoms with Crippen LogP contribution >= 0.6 is 15.9 Å². The highest BCUT2D eigenvalue weighted by atomic mass is 79.9. The molecule has 4 nitrogen and oxygen atoms in total. The number of nitrogens with one attached hydrogen (secondary N) is 1. The zero-order valence-electron chi connectivity index (χ0n) is 19.6. The van der Waals surface area contributed by atoms with Gasteiger partial charge in [-0.1, -0.05) is 28.1 Å². The minimum absolute atomic E-state index is 0.0945. The molecule has 180 valence electrons. The zero-order valence-corrected chi connectivity index (χ0v) is 21.2. The van der Waals surface area contributed by atoms with Crippen LogP contribution in [0.2, 0.25) is 0 Å². The first-order valence-corrected chi connectivity index (χ1v) is 13.4. The molecule has 4 aliphatic rings. The average molecular weight is 534 g/mol. The fourth-order valence-electron chi connectivity index (χ4n) is 7.24. The molecule has 4 aliphatic carbocycles. The lowest BCUT2D eigenvalue weighted by Gasteiger charge is -2.57. The van der Waals surface area contributed by atoms with Crippen molar-refractivity contribution in [2.24, 2.45) is 23.2 Å². The summed E-state index contributed by atoms with van der Waals surface area (Å²) in [6.07, 6.45) is 10.7. The van der Waals surface area contributed by atoms with Gasteiger partial charge in [0, 0.05) is 10.0 Å². The van der Waals surface area contributed by atoms with Gasteiger partial charge in [0.15, 0.2) is 5.82 Å². The first kappa shape index (κ1) is 22.8. The van der Waals surface area contributed by atoms with Gasteiger partial charge in [0.2, 0.25) is 5.91 Å². The van der Waals surface area contributed by atoms with E-state index < -0.39 is 0 Å². The van der Waals surface area contributed by atoms with Crippen LogP contribution in [0.3, 0.4) is 0 Å². The van der Waals surface area contributed by atoms with Crippen LogP contribution in [0, 0.1) is 29.0 Å². The van der Waals surface area contributed by atoms with Crippen molar-refractivity contribution in [3.63, 3.8) is 0 Å². The Balaban J connectivity index is 1.29. The van der Waals surface area contributed by atoms with E-state index in [-0.39, 0.29) is 23.6 Å². The molecule has 4 saturated carbocycles. The second-order valence-electron chi connectivity index (χ2n) is 11.0. The maximum Gasteiger partial charge on any atom is 0.229 e. The first-order chi connectivity index (χ1) is 16.9. The fourth-order valence-corrected chi connectivity index (χ4v) is 7.50. The molecule has 35 heavy (non-hydrogen) atoms. The number of aromatic nitrogens is 2. The van der Waals surface area contributed by atoms with E-state index in [0.717, 1.165) is 51.2 Å². The van der Waals surface area contributed by atoms with Crippen LogP contribution in [0.25, 0.3) is 11.3 Å². The Morgan fingerprint density at radius 3 is 2.23 bits per heavy atom. The summed E-state index contributed by atoms with van der Waals surface area (Å²) < 4.78 is 14.5. The molecule has 0 atom stereocenters. The van der Waals surface area contributed by atoms with Crippen molar-refractivity contribution in [2.75, 3.05) is 5.32 Å². The molecule has 4 fully saturated rings. The highest BCUT2D eigenvalue weighted by Gasteiger charge is 2.51. The number of rotatable bonds is 6. The van der Waals surface area contributed by atoms with Crippen molar-refractivity contribution in [1.82, 2.24) is 9.97 Å². The van der Waals surface area contributed by atoms with Gasteiger partial charge in [-0.05, 0) is 110 Å². The van der Waals surface area contributed by atoms with E-state index in [1.54, 1.807) is 18.3 Å². The second-order valence-corrected chi connectivity index (χ2v) is 11.9. The van der Waals surface area contributed by atoms with Crippen LogP contribution < -0.4 is 5.32 Å². The molecule has 0 saturated heterocycles. The zero-order chi connectivity index (χ0) is 24.0. The molecule has 4 bridgehead atoms. The van der Waals surface area contributed by atoms with Crippen LogP contribution in [0.4, 0.5) is 10.2 Å². The Hall–Kier alpha value is -2.60. The number of nitrogens with zero attached hydrogens (tertiary/aromatic N) is 2. The van der Waals surface area contributed by atoms with E-state index in [4.69, 9.17) is 4.98 Å². The quantitative estimate of drug-likeness (QED) is 0.371. The Morgan fingerprint density at radius 1 is 0.971 bits per heavy atom. The summed E-state index contributed by atoms with van der Waals surface area (Å²) in [6, 6.07) is 14.1. The van der Waals surface area contributed by atoms with E-state index in [9.17, 15) is 9.18 Å². The number of hydrogen-bond donors (Lipinski definition) is 1. The van der Waals surface area contributed by atoms with E-state index in [0.29, 0.717) is 5.82 Å². The molecule has 1 heterocycles. The SMILES string of the molecule is O=C(Cc1ccc(Br)cc1)Nc1ncc(-c2ccc(F)cc2)nc1CC12CC3CC(CC(C3)C1)C2. The molecular weight excluding hydrogens is 505 g/mol. The van der Waals surface area contributed by atoms with Gasteiger partial charge in [-0.3, -0.25) is 4.79 Å². The van der Waals surface area contributed by atoms with Crippen LogP contribution in [0.15, 0.2) is 59.2 Å². The number of carbonyl (C=O) groups excluding carboxylic acids is 1. The molecule has 3 aromatic rings. The van der Waals surface area contributed by atoms with Crippen molar-refractivity contribution in [3.05, 3.63) is 76.3 Å². The summed E-state index contributed by atoms with van der Waals surface area (Å²) >= 11 is 3.44. The minimum Gasteiger partial charge on any atom is -0.309 e. The van der Waals surface area contributed by atoms with E-state index in [1.165, 1.54) is 50.7 Å². The Morgan fingerprint density at radius 2 is 1.60 bits per heavy atom. The van der Waals surface area contributed by atoms with Crippen LogP contribution in [0.5, 0.6) is 0 Å². The van der Waals surface area contributed by atoms with Crippen molar-refractivity contribution >= 4 is 27.7 Å². The molecule has 0 radical (unpaired) electrons. The standard InChI is InChI=1S/C29H29BrFN3O/c30-23-5-1-18(2-6-23)12-27(35)34-28-25(33-26(17-32-28)22-3-7-24(31)8-4-22)16-29-13-19-9-20(14-29)11-21(10-19)15-29/h1-8,17,19-21H,9-16H2,(H,32,34,35). The fraction of sp³-hybridized carbons (Fsp3) is 0.414. The number of benzene rings is 2. The number of hydrogen-bond acceptors (Lipinski definition) is 3. The molecule has 0 unspecified atom stereocenters. The summed E-state index contributed by atoms with van der Waals surface area (Å²) in [7, 11) is 0. The molecule has 1 aromatic heterocycles. The van der Waals surface area contributed by atoms with Crippen molar-refractivity contribution in [2.45, 2.75) is 51.4 Å². The van der Waals surface area contributed by atoms with E-state index in [1.807, 2.05) is 24.3 Å². The lowest BCUT2D eigenvalue weighted by atomic mass is 9.48. The summed E-state index contributed by atoms with van der Waals surface area (Å²) in [5.41, 5.74) is 3.62. The molecule has 7 rings (SSSR count). The summed E-state index contributed by atoms with van der Waals surface area (Å²) in [5.74, 6) is 2.71. The Bertz CT molecular complexity index is 1210. The maximum atomic E-state index is 13.5. The highest BCUT2D eigenvalue weighted by Crippen LogP contribution is 2.61. The molecule has 2 aromatic carbocycles. The Labute approximate surface area is 213 Å². The summed E-state index contributed by atoms with van der Waals surface area (Å²) in [5, 5.41) is 3.06. The van der Waals surface area contributed by atoms with Crippen molar-refractivity contribution in [3.8, 4) is 11.3 Å². The van der Waals surface area contributed by atoms with E-state index >= 15 is 0 Å². The van der Waals surface area contributed by atoms with Gasteiger partial charge in [0.25, 0.3) is 0 Å². The van der Waals surface area contributed by atoms with Crippen molar-refractivity contribution in [1.29, 1.82) is 0 Å². The van der Waals surface area contributed by atoms with E-state index in [2.05, 4.69) is 26.2 Å². The van der Waals surface area contributed by atoms with Gasteiger partial charge in [0.05, 0.1) is 24.0 Å². The van der Waals surface area contributed by atoms with Gasteiger partial charge < -0.3 is 5.32 Å². The Kier molecular flexibility index (Phi) is 5.95. The monoisotopic (exact) mass is 533 g/mol. The molecule has 6 heteroatoms. The predicted molar refractivity (Wildman–Crippen MR) is 138 cm³/mol. The predicted octanol–water partition coefficient (Wildman–Crippen LogP) is 6.99. The lowest BCUT2D eigenvalue weighted by molar-refractivity contribution is -0.115. The number of carbonyl (C=O) groups is 1. The van der Waals surface area contributed by atoms with Gasteiger partial charge in [-0.2, -0.15) is 0 Å². The first-order valence-electron chi connectivity index (χ1n) is 12.6. The summed E-state index contributed by atoms with van der Waals surface area (Å²) in [6.45, 7) is 0. The van der Waals surface area contributed by atoms with Gasteiger partial charge in [-0.25, -0.2) is 14.4 Å². The molecular formula is C29H29BrFN3O. The third kappa shape index (κ3) is 4.90. The molecule has 0 spiro atoms. The van der Waals surface area contributed by atoms with Crippen molar-refractivity contribution < 1.29 is 9.18 Å². The molecule has 1 amide bonds. The molecule has 1 N–H and O–H groups in total. The van der Waals surface area contributed by atoms with Gasteiger partial charge >= 0.3 is 0 Å². The average Bonchev–Trinajstić information content (AvgIpc) is 2.81. The van der Waals surface area contributed by atoms with Gasteiger partial charge in [-0.15, -0.1) is 0 Å².